The van der Waals surface area contributed by atoms with E-state index in [1.807, 2.05) is 18.2 Å². The summed E-state index contributed by atoms with van der Waals surface area (Å²) in [7, 11) is -3.19. The van der Waals surface area contributed by atoms with Crippen LogP contribution in [0.1, 0.15) is 42.7 Å². The van der Waals surface area contributed by atoms with E-state index in [1.165, 1.54) is 16.1 Å². The van der Waals surface area contributed by atoms with Crippen molar-refractivity contribution in [1.29, 1.82) is 0 Å². The van der Waals surface area contributed by atoms with Crippen molar-refractivity contribution in [2.24, 2.45) is 0 Å². The Labute approximate surface area is 138 Å². The summed E-state index contributed by atoms with van der Waals surface area (Å²) in [6.45, 7) is 0.941. The Kier molecular flexibility index (Phi) is 4.73. The van der Waals surface area contributed by atoms with Crippen LogP contribution in [0.25, 0.3) is 0 Å². The van der Waals surface area contributed by atoms with Crippen LogP contribution in [0.2, 0.25) is 0 Å². The molecule has 1 aromatic rings. The topological polar surface area (TPSA) is 66.5 Å². The fourth-order valence-electron chi connectivity index (χ4n) is 3.69. The van der Waals surface area contributed by atoms with Gasteiger partial charge in [-0.2, -0.15) is 0 Å². The van der Waals surface area contributed by atoms with Crippen molar-refractivity contribution in [1.82, 2.24) is 9.62 Å². The number of hydrogen-bond acceptors (Lipinski definition) is 3. The summed E-state index contributed by atoms with van der Waals surface area (Å²) in [5.41, 5.74) is 2.40. The van der Waals surface area contributed by atoms with E-state index in [1.54, 1.807) is 0 Å². The van der Waals surface area contributed by atoms with Crippen LogP contribution in [0, 0.1) is 0 Å². The molecule has 1 aliphatic heterocycles. The average Bonchev–Trinajstić information content (AvgIpc) is 2.53. The molecule has 0 radical (unpaired) electrons. The van der Waals surface area contributed by atoms with E-state index in [2.05, 4.69) is 11.4 Å². The number of nitrogens with one attached hydrogen (secondary N) is 1. The lowest BCUT2D eigenvalue weighted by atomic mass is 9.82. The first-order chi connectivity index (χ1) is 10.9. The molecule has 3 rings (SSSR count). The molecule has 126 valence electrons. The van der Waals surface area contributed by atoms with Gasteiger partial charge in [-0.05, 0) is 43.2 Å². The predicted molar refractivity (Wildman–Crippen MR) is 89.7 cm³/mol. The molecule has 5 nitrogen and oxygen atoms in total. The summed E-state index contributed by atoms with van der Waals surface area (Å²) in [6, 6.07) is 8.06. The van der Waals surface area contributed by atoms with Crippen LogP contribution in [0.5, 0.6) is 0 Å². The van der Waals surface area contributed by atoms with Crippen LogP contribution in [0.15, 0.2) is 24.3 Å². The number of carbonyl (C=O) groups excluding carboxylic acids is 1. The van der Waals surface area contributed by atoms with Gasteiger partial charge in [-0.3, -0.25) is 4.79 Å². The highest BCUT2D eigenvalue weighted by Gasteiger charge is 2.31. The summed E-state index contributed by atoms with van der Waals surface area (Å²) >= 11 is 0. The number of amides is 1. The highest BCUT2D eigenvalue weighted by Crippen LogP contribution is 2.31. The van der Waals surface area contributed by atoms with Gasteiger partial charge in [-0.1, -0.05) is 24.3 Å². The Bertz CT molecular complexity index is 687. The van der Waals surface area contributed by atoms with Gasteiger partial charge in [-0.15, -0.1) is 0 Å². The summed E-state index contributed by atoms with van der Waals surface area (Å²) in [6.07, 6.45) is 5.78. The molecular formula is C17H24N2O3S. The minimum absolute atomic E-state index is 0.0394. The van der Waals surface area contributed by atoms with Gasteiger partial charge in [0.1, 0.15) is 0 Å². The molecule has 2 unspecified atom stereocenters. The van der Waals surface area contributed by atoms with Crippen LogP contribution in [-0.4, -0.2) is 44.0 Å². The lowest BCUT2D eigenvalue weighted by molar-refractivity contribution is -0.123. The number of aryl methyl sites for hydroxylation is 1. The summed E-state index contributed by atoms with van der Waals surface area (Å²) in [5.74, 6) is -0.0638. The molecule has 1 saturated heterocycles. The third-order valence-electron chi connectivity index (χ3n) is 4.89. The molecule has 1 aliphatic carbocycles. The summed E-state index contributed by atoms with van der Waals surface area (Å²) in [5, 5.41) is 3.09. The van der Waals surface area contributed by atoms with Gasteiger partial charge >= 0.3 is 0 Å². The number of fused-ring (bicyclic) bond motifs is 1. The standard InChI is InChI=1S/C17H24N2O3S/c1-23(21,22)19-11-5-8-14(12-19)18-17(20)16-10-4-7-13-6-2-3-9-15(13)16/h2-3,6,9,14,16H,4-5,7-8,10-12H2,1H3,(H,18,20). The van der Waals surface area contributed by atoms with Gasteiger partial charge < -0.3 is 5.32 Å². The lowest BCUT2D eigenvalue weighted by Gasteiger charge is -2.33. The SMILES string of the molecule is CS(=O)(=O)N1CCCC(NC(=O)C2CCCc3ccccc32)C1. The van der Waals surface area contributed by atoms with Crippen molar-refractivity contribution < 1.29 is 13.2 Å². The van der Waals surface area contributed by atoms with Crippen molar-refractivity contribution in [2.75, 3.05) is 19.3 Å². The van der Waals surface area contributed by atoms with Crippen LogP contribution < -0.4 is 5.32 Å². The molecule has 1 fully saturated rings. The third-order valence-corrected chi connectivity index (χ3v) is 6.16. The highest BCUT2D eigenvalue weighted by atomic mass is 32.2. The Morgan fingerprint density at radius 2 is 2.00 bits per heavy atom. The van der Waals surface area contributed by atoms with Gasteiger partial charge in [0, 0.05) is 19.1 Å². The van der Waals surface area contributed by atoms with Crippen LogP contribution in [-0.2, 0) is 21.2 Å². The number of sulfonamides is 1. The first-order valence-corrected chi connectivity index (χ1v) is 10.1. The van der Waals surface area contributed by atoms with Gasteiger partial charge in [0.2, 0.25) is 15.9 Å². The maximum absolute atomic E-state index is 12.7. The van der Waals surface area contributed by atoms with Crippen LogP contribution in [0.3, 0.4) is 0 Å². The molecule has 2 aliphatic rings. The second-order valence-corrected chi connectivity index (χ2v) is 8.59. The number of carbonyl (C=O) groups is 1. The van der Waals surface area contributed by atoms with E-state index < -0.39 is 10.0 Å². The maximum Gasteiger partial charge on any atom is 0.227 e. The Morgan fingerprint density at radius 3 is 2.78 bits per heavy atom. The molecule has 1 aromatic carbocycles. The maximum atomic E-state index is 12.7. The molecule has 0 aromatic heterocycles. The molecule has 1 amide bonds. The van der Waals surface area contributed by atoms with Crippen molar-refractivity contribution in [2.45, 2.75) is 44.1 Å². The molecule has 0 spiro atoms. The van der Waals surface area contributed by atoms with E-state index in [4.69, 9.17) is 0 Å². The zero-order chi connectivity index (χ0) is 16.4. The van der Waals surface area contributed by atoms with E-state index >= 15 is 0 Å². The molecule has 1 heterocycles. The fourth-order valence-corrected chi connectivity index (χ4v) is 4.60. The molecular weight excluding hydrogens is 312 g/mol. The highest BCUT2D eigenvalue weighted by molar-refractivity contribution is 7.88. The Morgan fingerprint density at radius 1 is 1.22 bits per heavy atom. The minimum atomic E-state index is -3.19. The molecule has 6 heteroatoms. The number of hydrogen-bond donors (Lipinski definition) is 1. The number of piperidine rings is 1. The van der Waals surface area contributed by atoms with Crippen LogP contribution in [0.4, 0.5) is 0 Å². The van der Waals surface area contributed by atoms with Crippen LogP contribution >= 0.6 is 0 Å². The van der Waals surface area contributed by atoms with Gasteiger partial charge in [0.05, 0.1) is 12.2 Å². The first-order valence-electron chi connectivity index (χ1n) is 8.28. The van der Waals surface area contributed by atoms with Gasteiger partial charge in [-0.25, -0.2) is 12.7 Å². The van der Waals surface area contributed by atoms with Crippen molar-refractivity contribution in [3.05, 3.63) is 35.4 Å². The Balaban J connectivity index is 1.68. The molecule has 0 saturated carbocycles. The smallest absolute Gasteiger partial charge is 0.227 e. The van der Waals surface area contributed by atoms with E-state index in [0.717, 1.165) is 37.7 Å². The van der Waals surface area contributed by atoms with E-state index in [0.29, 0.717) is 13.1 Å². The zero-order valence-corrected chi connectivity index (χ0v) is 14.3. The number of benzene rings is 1. The van der Waals surface area contributed by atoms with Crippen molar-refractivity contribution in [3.63, 3.8) is 0 Å². The average molecular weight is 336 g/mol. The monoisotopic (exact) mass is 336 g/mol. The van der Waals surface area contributed by atoms with Gasteiger partial charge in [0.15, 0.2) is 0 Å². The molecule has 2 atom stereocenters. The zero-order valence-electron chi connectivity index (χ0n) is 13.5. The normalized spacial score (nSPS) is 25.6. The summed E-state index contributed by atoms with van der Waals surface area (Å²) in [4.78, 5) is 12.7. The largest absolute Gasteiger partial charge is 0.352 e. The van der Waals surface area contributed by atoms with E-state index in [-0.39, 0.29) is 17.9 Å². The molecule has 23 heavy (non-hydrogen) atoms. The Hall–Kier alpha value is -1.40. The summed E-state index contributed by atoms with van der Waals surface area (Å²) < 4.78 is 24.9. The number of nitrogens with zero attached hydrogens (tertiary/aromatic N) is 1. The van der Waals surface area contributed by atoms with E-state index in [9.17, 15) is 13.2 Å². The second-order valence-electron chi connectivity index (χ2n) is 6.61. The predicted octanol–water partition coefficient (Wildman–Crippen LogP) is 1.65. The molecule has 1 N–H and O–H groups in total. The lowest BCUT2D eigenvalue weighted by Crippen LogP contribution is -2.50. The fraction of sp³-hybridized carbons (Fsp3) is 0.588. The first kappa shape index (κ1) is 16.5. The minimum Gasteiger partial charge on any atom is -0.352 e. The second kappa shape index (κ2) is 6.61. The van der Waals surface area contributed by atoms with Gasteiger partial charge in [0.25, 0.3) is 0 Å². The number of rotatable bonds is 3. The molecule has 0 bridgehead atoms. The van der Waals surface area contributed by atoms with Crippen molar-refractivity contribution in [3.8, 4) is 0 Å². The third kappa shape index (κ3) is 3.75. The quantitative estimate of drug-likeness (QED) is 0.913. The van der Waals surface area contributed by atoms with Crippen molar-refractivity contribution >= 4 is 15.9 Å².